The lowest BCUT2D eigenvalue weighted by atomic mass is 9.92. The van der Waals surface area contributed by atoms with Crippen molar-refractivity contribution in [3.63, 3.8) is 0 Å². The third-order valence-electron chi connectivity index (χ3n) is 4.30. The number of esters is 3. The predicted octanol–water partition coefficient (Wildman–Crippen LogP) is 0.534. The first-order valence-corrected chi connectivity index (χ1v) is 7.39. The van der Waals surface area contributed by atoms with Crippen molar-refractivity contribution in [3.8, 4) is 0 Å². The average molecular weight is 322 g/mol. The van der Waals surface area contributed by atoms with Gasteiger partial charge in [0.15, 0.2) is 0 Å². The van der Waals surface area contributed by atoms with Crippen LogP contribution in [-0.2, 0) is 33.3 Å². The molecule has 3 aliphatic rings. The third-order valence-corrected chi connectivity index (χ3v) is 4.30. The number of fused-ring (bicyclic) bond motifs is 5. The maximum atomic E-state index is 12.0. The highest BCUT2D eigenvalue weighted by Crippen LogP contribution is 2.64. The van der Waals surface area contributed by atoms with Gasteiger partial charge in [0, 0.05) is 17.9 Å². The zero-order chi connectivity index (χ0) is 16.9. The van der Waals surface area contributed by atoms with Crippen LogP contribution in [0.25, 0.3) is 0 Å². The fraction of sp³-hybridized carbons (Fsp3) is 0.562. The van der Waals surface area contributed by atoms with Crippen LogP contribution < -0.4 is 0 Å². The molecule has 2 heterocycles. The second-order valence-corrected chi connectivity index (χ2v) is 5.97. The molecule has 3 rings (SSSR count). The molecule has 1 unspecified atom stereocenters. The Morgan fingerprint density at radius 2 is 1.48 bits per heavy atom. The fourth-order valence-electron chi connectivity index (χ4n) is 3.45. The van der Waals surface area contributed by atoms with E-state index in [2.05, 4.69) is 0 Å². The van der Waals surface area contributed by atoms with Crippen molar-refractivity contribution < 1.29 is 33.3 Å². The van der Waals surface area contributed by atoms with E-state index in [1.807, 2.05) is 0 Å². The Kier molecular flexibility index (Phi) is 3.75. The van der Waals surface area contributed by atoms with Gasteiger partial charge in [-0.05, 0) is 19.4 Å². The van der Waals surface area contributed by atoms with E-state index in [-0.39, 0.29) is 29.1 Å². The lowest BCUT2D eigenvalue weighted by Gasteiger charge is -2.12. The van der Waals surface area contributed by atoms with Gasteiger partial charge in [0.1, 0.15) is 0 Å². The smallest absolute Gasteiger partial charge is 0.337 e. The maximum absolute atomic E-state index is 12.0. The largest absolute Gasteiger partial charge is 0.466 e. The molecule has 0 N–H and O–H groups in total. The van der Waals surface area contributed by atoms with Gasteiger partial charge >= 0.3 is 17.9 Å². The Bertz CT molecular complexity index is 603. The summed E-state index contributed by atoms with van der Waals surface area (Å²) in [6.07, 6.45) is 0.0991. The third kappa shape index (κ3) is 2.35. The summed E-state index contributed by atoms with van der Waals surface area (Å²) in [6, 6.07) is 0. The summed E-state index contributed by atoms with van der Waals surface area (Å²) in [7, 11) is 2.49. The molecule has 1 aliphatic carbocycles. The van der Waals surface area contributed by atoms with E-state index in [1.165, 1.54) is 20.3 Å². The van der Waals surface area contributed by atoms with Gasteiger partial charge in [-0.15, -0.1) is 0 Å². The van der Waals surface area contributed by atoms with Crippen LogP contribution in [0.2, 0.25) is 0 Å². The van der Waals surface area contributed by atoms with E-state index in [0.717, 1.165) is 5.57 Å². The first-order chi connectivity index (χ1) is 10.9. The van der Waals surface area contributed by atoms with Crippen LogP contribution in [0.4, 0.5) is 0 Å². The monoisotopic (exact) mass is 322 g/mol. The van der Waals surface area contributed by atoms with E-state index < -0.39 is 30.1 Å². The lowest BCUT2D eigenvalue weighted by Crippen LogP contribution is -2.24. The molecule has 2 fully saturated rings. The quantitative estimate of drug-likeness (QED) is 0.424. The summed E-state index contributed by atoms with van der Waals surface area (Å²) < 4.78 is 20.3. The van der Waals surface area contributed by atoms with Crippen LogP contribution in [0.3, 0.4) is 0 Å². The van der Waals surface area contributed by atoms with Crippen LogP contribution in [0, 0.1) is 11.8 Å². The normalized spacial score (nSPS) is 32.1. The molecule has 0 radical (unpaired) electrons. The summed E-state index contributed by atoms with van der Waals surface area (Å²) in [5, 5.41) is 0. The predicted molar refractivity (Wildman–Crippen MR) is 76.0 cm³/mol. The van der Waals surface area contributed by atoms with E-state index >= 15 is 0 Å². The molecule has 0 amide bonds. The van der Waals surface area contributed by atoms with Crippen molar-refractivity contribution in [3.05, 3.63) is 22.8 Å². The molecule has 23 heavy (non-hydrogen) atoms. The molecule has 2 bridgehead atoms. The molecule has 1 saturated heterocycles. The molecule has 1 saturated carbocycles. The highest BCUT2D eigenvalue weighted by molar-refractivity contribution is 6.04. The van der Waals surface area contributed by atoms with Gasteiger partial charge in [-0.3, -0.25) is 0 Å². The van der Waals surface area contributed by atoms with Gasteiger partial charge < -0.3 is 18.9 Å². The Balaban J connectivity index is 1.87. The summed E-state index contributed by atoms with van der Waals surface area (Å²) in [5.41, 5.74) is 1.25. The Labute approximate surface area is 133 Å². The zero-order valence-electron chi connectivity index (χ0n) is 13.3. The second-order valence-electron chi connectivity index (χ2n) is 5.97. The standard InChI is InChI=1S/C16H18O7/c1-6(2)22-8(17)5-7-9-10(7)14-12(16(19)21-4)11(13(9)23-14)15(18)20-3/h5-6,9-10,13-14H,1-4H3/t9-,10?,13-,14+/m1/s1. The molecule has 2 aliphatic heterocycles. The summed E-state index contributed by atoms with van der Waals surface area (Å²) in [6.45, 7) is 3.53. The minimum Gasteiger partial charge on any atom is -0.466 e. The highest BCUT2D eigenvalue weighted by Gasteiger charge is 2.69. The summed E-state index contributed by atoms with van der Waals surface area (Å²) in [5.74, 6) is -1.80. The number of hydrogen-bond acceptors (Lipinski definition) is 7. The molecular weight excluding hydrogens is 304 g/mol. The van der Waals surface area contributed by atoms with Crippen LogP contribution in [0.1, 0.15) is 13.8 Å². The van der Waals surface area contributed by atoms with E-state index in [9.17, 15) is 14.4 Å². The van der Waals surface area contributed by atoms with E-state index in [4.69, 9.17) is 18.9 Å². The molecule has 0 aromatic rings. The van der Waals surface area contributed by atoms with E-state index in [0.29, 0.717) is 0 Å². The topological polar surface area (TPSA) is 88.1 Å². The molecular formula is C16H18O7. The van der Waals surface area contributed by atoms with Crippen molar-refractivity contribution in [2.24, 2.45) is 11.8 Å². The van der Waals surface area contributed by atoms with Gasteiger partial charge in [-0.25, -0.2) is 14.4 Å². The highest BCUT2D eigenvalue weighted by atomic mass is 16.6. The first kappa shape index (κ1) is 15.7. The van der Waals surface area contributed by atoms with Gasteiger partial charge in [0.25, 0.3) is 0 Å². The van der Waals surface area contributed by atoms with Crippen molar-refractivity contribution in [1.82, 2.24) is 0 Å². The number of ether oxygens (including phenoxy) is 4. The van der Waals surface area contributed by atoms with Crippen LogP contribution in [0.5, 0.6) is 0 Å². The second kappa shape index (κ2) is 5.49. The number of carbonyl (C=O) groups excluding carboxylic acids is 3. The van der Waals surface area contributed by atoms with Crippen LogP contribution >= 0.6 is 0 Å². The van der Waals surface area contributed by atoms with E-state index in [1.54, 1.807) is 13.8 Å². The molecule has 7 nitrogen and oxygen atoms in total. The minimum atomic E-state index is -0.604. The van der Waals surface area contributed by atoms with Crippen molar-refractivity contribution >= 4 is 17.9 Å². The number of carbonyl (C=O) groups is 3. The Morgan fingerprint density at radius 1 is 1.00 bits per heavy atom. The Morgan fingerprint density at radius 3 is 1.87 bits per heavy atom. The van der Waals surface area contributed by atoms with Crippen molar-refractivity contribution in [2.75, 3.05) is 14.2 Å². The molecule has 7 heteroatoms. The molecule has 124 valence electrons. The van der Waals surface area contributed by atoms with Gasteiger partial charge in [0.05, 0.1) is 43.7 Å². The molecule has 4 atom stereocenters. The summed E-state index contributed by atoms with van der Waals surface area (Å²) in [4.78, 5) is 35.8. The molecule has 0 aromatic heterocycles. The zero-order valence-corrected chi connectivity index (χ0v) is 13.3. The van der Waals surface area contributed by atoms with Crippen LogP contribution in [0.15, 0.2) is 22.8 Å². The molecule has 0 spiro atoms. The maximum Gasteiger partial charge on any atom is 0.337 e. The van der Waals surface area contributed by atoms with Gasteiger partial charge in [-0.2, -0.15) is 0 Å². The first-order valence-electron chi connectivity index (χ1n) is 7.39. The number of rotatable bonds is 4. The number of hydrogen-bond donors (Lipinski definition) is 0. The SMILES string of the molecule is COC(=O)C1=C(C(=O)OC)[C@@H]2O[C@H]1C1C(=CC(=O)OC(C)C)[C@H]12. The average Bonchev–Trinajstić information content (AvgIpc) is 2.91. The van der Waals surface area contributed by atoms with Crippen LogP contribution in [-0.4, -0.2) is 50.4 Å². The van der Waals surface area contributed by atoms with Crippen molar-refractivity contribution in [1.29, 1.82) is 0 Å². The van der Waals surface area contributed by atoms with Gasteiger partial charge in [-0.1, -0.05) is 0 Å². The summed E-state index contributed by atoms with van der Waals surface area (Å²) >= 11 is 0. The fourth-order valence-corrected chi connectivity index (χ4v) is 3.45. The Hall–Kier alpha value is -2.15. The number of methoxy groups -OCH3 is 2. The lowest BCUT2D eigenvalue weighted by molar-refractivity contribution is -0.141. The van der Waals surface area contributed by atoms with Gasteiger partial charge in [0.2, 0.25) is 0 Å². The molecule has 0 aromatic carbocycles. The van der Waals surface area contributed by atoms with Crippen molar-refractivity contribution in [2.45, 2.75) is 32.2 Å². The minimum absolute atomic E-state index is 0.0813.